The summed E-state index contributed by atoms with van der Waals surface area (Å²) in [4.78, 5) is 11.8. The quantitative estimate of drug-likeness (QED) is 0.510. The van der Waals surface area contributed by atoms with Crippen LogP contribution in [-0.2, 0) is 31.1 Å². The molecule has 0 fully saturated rings. The second-order valence-electron chi connectivity index (χ2n) is 6.78. The number of imidazole rings is 1. The van der Waals surface area contributed by atoms with Crippen molar-refractivity contribution < 1.29 is 51.2 Å². The lowest BCUT2D eigenvalue weighted by Gasteiger charge is -2.19. The van der Waals surface area contributed by atoms with Gasteiger partial charge in [-0.15, -0.1) is 0 Å². The van der Waals surface area contributed by atoms with Gasteiger partial charge in [0, 0.05) is 6.07 Å². The molecule has 0 spiro atoms. The molecule has 0 saturated carbocycles. The molecule has 0 saturated heterocycles. The number of benzene rings is 1. The Labute approximate surface area is 167 Å². The Hall–Kier alpha value is -1.52. The molecule has 2 rings (SSSR count). The fourth-order valence-electron chi connectivity index (χ4n) is 2.69. The molecular weight excluding hydrogens is 462 g/mol. The number of carbonyl (C=O) groups excluding carboxylic acids is 1. The summed E-state index contributed by atoms with van der Waals surface area (Å²) in [5, 5.41) is 2.65. The zero-order valence-electron chi connectivity index (χ0n) is 15.4. The molecule has 0 atom stereocenters. The molecule has 1 aromatic carbocycles. The number of fused-ring (bicyclic) bond motifs is 1. The van der Waals surface area contributed by atoms with E-state index in [2.05, 4.69) is 5.32 Å². The smallest absolute Gasteiger partial charge is 0.416 e. The highest BCUT2D eigenvalue weighted by atomic mass is 127. The summed E-state index contributed by atoms with van der Waals surface area (Å²) in [5.74, 6) is 0.683. The number of hydrogen-bond donors (Lipinski definition) is 1. The summed E-state index contributed by atoms with van der Waals surface area (Å²) in [6, 6.07) is 3.64. The number of ether oxygens (including phenoxy) is 1. The summed E-state index contributed by atoms with van der Waals surface area (Å²) in [5.41, 5.74) is -0.179. The molecule has 5 nitrogen and oxygen atoms in total. The fraction of sp³-hybridized carbons (Fsp3) is 0.529. The molecule has 1 aromatic heterocycles. The van der Waals surface area contributed by atoms with Crippen LogP contribution >= 0.6 is 0 Å². The second-order valence-corrected chi connectivity index (χ2v) is 6.78. The van der Waals surface area contributed by atoms with Gasteiger partial charge in [-0.1, -0.05) is 0 Å². The number of hydrogen-bond acceptors (Lipinski definition) is 2. The molecule has 0 bridgehead atoms. The molecule has 2 aromatic rings. The van der Waals surface area contributed by atoms with E-state index in [-0.39, 0.29) is 30.5 Å². The van der Waals surface area contributed by atoms with Crippen molar-refractivity contribution in [3.05, 3.63) is 29.6 Å². The Balaban J connectivity index is 0.00000338. The first-order valence-corrected chi connectivity index (χ1v) is 7.99. The SMILES string of the molecule is CCn1c(CNC(=O)OC(C)(C)C)[n+](C)c2ccc(C(F)(F)F)cc21.[I-]. The van der Waals surface area contributed by atoms with Crippen molar-refractivity contribution in [2.24, 2.45) is 7.05 Å². The van der Waals surface area contributed by atoms with Crippen molar-refractivity contribution in [1.82, 2.24) is 9.88 Å². The van der Waals surface area contributed by atoms with Crippen molar-refractivity contribution in [3.63, 3.8) is 0 Å². The van der Waals surface area contributed by atoms with E-state index in [9.17, 15) is 18.0 Å². The summed E-state index contributed by atoms with van der Waals surface area (Å²) >= 11 is 0. The van der Waals surface area contributed by atoms with Gasteiger partial charge >= 0.3 is 12.3 Å². The predicted molar refractivity (Wildman–Crippen MR) is 86.9 cm³/mol. The summed E-state index contributed by atoms with van der Waals surface area (Å²) < 4.78 is 47.7. The van der Waals surface area contributed by atoms with E-state index in [1.807, 2.05) is 6.92 Å². The third-order valence-electron chi connectivity index (χ3n) is 3.76. The maximum Gasteiger partial charge on any atom is 0.416 e. The maximum atomic E-state index is 13.0. The van der Waals surface area contributed by atoms with Crippen LogP contribution in [-0.4, -0.2) is 16.3 Å². The van der Waals surface area contributed by atoms with Gasteiger partial charge in [0.15, 0.2) is 11.0 Å². The maximum absolute atomic E-state index is 13.0. The number of aromatic nitrogens is 2. The van der Waals surface area contributed by atoms with Crippen molar-refractivity contribution in [1.29, 1.82) is 0 Å². The van der Waals surface area contributed by atoms with E-state index in [1.54, 1.807) is 37.0 Å². The Morgan fingerprint density at radius 1 is 1.27 bits per heavy atom. The highest BCUT2D eigenvalue weighted by Gasteiger charge is 2.33. The first-order chi connectivity index (χ1) is 11.4. The van der Waals surface area contributed by atoms with Gasteiger partial charge in [-0.3, -0.25) is 0 Å². The highest BCUT2D eigenvalue weighted by molar-refractivity contribution is 5.74. The van der Waals surface area contributed by atoms with Crippen LogP contribution in [0.1, 0.15) is 39.1 Å². The standard InChI is InChI=1S/C17H22F3N3O2.HI/c1-6-23-13-9-11(17(18,19)20)7-8-12(13)22(5)14(23)10-21-15(24)25-16(2,3)4;/h7-9H,6,10H2,1-5H3;1H. The lowest BCUT2D eigenvalue weighted by molar-refractivity contribution is -0.654. The molecule has 0 unspecified atom stereocenters. The lowest BCUT2D eigenvalue weighted by atomic mass is 10.2. The predicted octanol–water partition coefficient (Wildman–Crippen LogP) is 0.533. The Kier molecular flexibility index (Phi) is 6.94. The van der Waals surface area contributed by atoms with Crippen molar-refractivity contribution in [3.8, 4) is 0 Å². The van der Waals surface area contributed by atoms with Crippen LogP contribution < -0.4 is 33.9 Å². The summed E-state index contributed by atoms with van der Waals surface area (Å²) in [6.45, 7) is 7.74. The van der Waals surface area contributed by atoms with Gasteiger partial charge in [0.05, 0.1) is 19.2 Å². The van der Waals surface area contributed by atoms with Gasteiger partial charge in [-0.25, -0.2) is 13.9 Å². The number of carbonyl (C=O) groups is 1. The summed E-state index contributed by atoms with van der Waals surface area (Å²) in [7, 11) is 1.76. The fourth-order valence-corrected chi connectivity index (χ4v) is 2.69. The average Bonchev–Trinajstić information content (AvgIpc) is 2.74. The van der Waals surface area contributed by atoms with Crippen LogP contribution in [0.15, 0.2) is 18.2 Å². The van der Waals surface area contributed by atoms with Crippen molar-refractivity contribution in [2.75, 3.05) is 0 Å². The van der Waals surface area contributed by atoms with Gasteiger partial charge in [-0.05, 0) is 39.8 Å². The Morgan fingerprint density at radius 3 is 2.38 bits per heavy atom. The lowest BCUT2D eigenvalue weighted by Crippen LogP contribution is -3.00. The Bertz CT molecular complexity index is 795. The van der Waals surface area contributed by atoms with Gasteiger partial charge in [0.25, 0.3) is 5.82 Å². The number of nitrogens with one attached hydrogen (secondary N) is 1. The van der Waals surface area contributed by atoms with Crippen LogP contribution in [0.4, 0.5) is 18.0 Å². The third-order valence-corrected chi connectivity index (χ3v) is 3.76. The topological polar surface area (TPSA) is 47.1 Å². The zero-order valence-corrected chi connectivity index (χ0v) is 17.5. The molecular formula is C17H23F3IN3O2. The number of rotatable bonds is 3. The number of halogens is 4. The molecule has 26 heavy (non-hydrogen) atoms. The minimum Gasteiger partial charge on any atom is -1.00 e. The normalized spacial score (nSPS) is 12.0. The van der Waals surface area contributed by atoms with Crippen LogP contribution in [0.25, 0.3) is 11.0 Å². The number of aryl methyl sites for hydroxylation is 2. The molecule has 0 aliphatic carbocycles. The first kappa shape index (κ1) is 22.5. The van der Waals surface area contributed by atoms with E-state index in [0.29, 0.717) is 23.4 Å². The highest BCUT2D eigenvalue weighted by Crippen LogP contribution is 2.31. The monoisotopic (exact) mass is 485 g/mol. The number of alkyl carbamates (subject to hydrolysis) is 1. The minimum atomic E-state index is -4.40. The molecule has 1 amide bonds. The van der Waals surface area contributed by atoms with Crippen LogP contribution in [0.3, 0.4) is 0 Å². The Morgan fingerprint density at radius 2 is 1.88 bits per heavy atom. The number of amides is 1. The van der Waals surface area contributed by atoms with E-state index in [1.165, 1.54) is 6.07 Å². The molecule has 146 valence electrons. The minimum absolute atomic E-state index is 0. The largest absolute Gasteiger partial charge is 1.00 e. The van der Waals surface area contributed by atoms with Crippen LogP contribution in [0, 0.1) is 0 Å². The average molecular weight is 485 g/mol. The molecule has 0 aliphatic heterocycles. The first-order valence-electron chi connectivity index (χ1n) is 7.99. The van der Waals surface area contributed by atoms with Crippen molar-refractivity contribution in [2.45, 2.75) is 52.6 Å². The van der Waals surface area contributed by atoms with E-state index in [0.717, 1.165) is 12.1 Å². The van der Waals surface area contributed by atoms with Gasteiger partial charge in [0.1, 0.15) is 12.1 Å². The van der Waals surface area contributed by atoms with E-state index < -0.39 is 23.4 Å². The third kappa shape index (κ3) is 5.01. The van der Waals surface area contributed by atoms with Crippen LogP contribution in [0.5, 0.6) is 0 Å². The van der Waals surface area contributed by atoms with E-state index >= 15 is 0 Å². The molecule has 1 heterocycles. The molecule has 0 aliphatic rings. The van der Waals surface area contributed by atoms with Crippen molar-refractivity contribution >= 4 is 17.1 Å². The molecule has 1 N–H and O–H groups in total. The second kappa shape index (κ2) is 8.01. The number of alkyl halides is 3. The van der Waals surface area contributed by atoms with Gasteiger partial charge in [-0.2, -0.15) is 13.2 Å². The van der Waals surface area contributed by atoms with Crippen LogP contribution in [0.2, 0.25) is 0 Å². The van der Waals surface area contributed by atoms with E-state index in [4.69, 9.17) is 4.74 Å². The van der Waals surface area contributed by atoms with Gasteiger partial charge in [0.2, 0.25) is 0 Å². The summed E-state index contributed by atoms with van der Waals surface area (Å²) in [6.07, 6.45) is -4.97. The van der Waals surface area contributed by atoms with Gasteiger partial charge < -0.3 is 34.0 Å². The molecule has 0 radical (unpaired) electrons. The number of nitrogens with zero attached hydrogens (tertiary/aromatic N) is 2. The molecule has 9 heteroatoms. The zero-order chi connectivity index (χ0) is 19.0.